The van der Waals surface area contributed by atoms with Gasteiger partial charge in [0.2, 0.25) is 0 Å². The Labute approximate surface area is 134 Å². The molecule has 1 N–H and O–H groups in total. The molecule has 0 aliphatic heterocycles. The number of hydrogen-bond donors (Lipinski definition) is 1. The van der Waals surface area contributed by atoms with Crippen LogP contribution in [0.5, 0.6) is 0 Å². The van der Waals surface area contributed by atoms with Crippen molar-refractivity contribution < 1.29 is 9.53 Å². The molecule has 0 saturated carbocycles. The number of amides is 2. The first kappa shape index (κ1) is 18.5. The summed E-state index contributed by atoms with van der Waals surface area (Å²) in [6.07, 6.45) is 0.852. The van der Waals surface area contributed by atoms with Crippen LogP contribution < -0.4 is 5.32 Å². The molecule has 0 aromatic heterocycles. The van der Waals surface area contributed by atoms with E-state index in [1.165, 1.54) is 11.1 Å². The van der Waals surface area contributed by atoms with E-state index in [1.807, 2.05) is 40.2 Å². The van der Waals surface area contributed by atoms with Crippen LogP contribution in [0.15, 0.2) is 24.3 Å². The molecule has 0 heterocycles. The second-order valence-electron chi connectivity index (χ2n) is 5.87. The van der Waals surface area contributed by atoms with Gasteiger partial charge in [0, 0.05) is 27.2 Å². The zero-order valence-electron chi connectivity index (χ0n) is 14.4. The Morgan fingerprint density at radius 3 is 2.27 bits per heavy atom. The third-order valence-electron chi connectivity index (χ3n) is 3.55. The molecule has 0 aliphatic rings. The summed E-state index contributed by atoms with van der Waals surface area (Å²) < 4.78 is 5.12. The number of carbonyl (C=O) groups excluding carboxylic acids is 1. The van der Waals surface area contributed by atoms with Crippen LogP contribution in [0.1, 0.15) is 24.5 Å². The van der Waals surface area contributed by atoms with Gasteiger partial charge in [0.05, 0.1) is 12.6 Å². The van der Waals surface area contributed by atoms with Crippen molar-refractivity contribution >= 4 is 6.03 Å². The zero-order chi connectivity index (χ0) is 16.5. The maximum absolute atomic E-state index is 12.3. The van der Waals surface area contributed by atoms with Crippen molar-refractivity contribution in [2.45, 2.75) is 32.5 Å². The molecule has 1 atom stereocenters. The summed E-state index contributed by atoms with van der Waals surface area (Å²) in [5, 5.41) is 3.00. The molecular formula is C17H29N3O2. The molecule has 0 spiro atoms. The summed E-state index contributed by atoms with van der Waals surface area (Å²) in [6, 6.07) is 8.23. The van der Waals surface area contributed by atoms with Crippen LogP contribution >= 0.6 is 0 Å². The summed E-state index contributed by atoms with van der Waals surface area (Å²) in [5.74, 6) is 0. The van der Waals surface area contributed by atoms with E-state index in [0.29, 0.717) is 13.2 Å². The van der Waals surface area contributed by atoms with Crippen LogP contribution in [0.4, 0.5) is 4.79 Å². The predicted octanol–water partition coefficient (Wildman–Crippen LogP) is 2.31. The fraction of sp³-hybridized carbons (Fsp3) is 0.588. The number of carbonyl (C=O) groups is 1. The molecule has 0 radical (unpaired) electrons. The highest BCUT2D eigenvalue weighted by atomic mass is 16.5. The van der Waals surface area contributed by atoms with Crippen LogP contribution in [-0.4, -0.2) is 56.7 Å². The van der Waals surface area contributed by atoms with Crippen LogP contribution in [0.3, 0.4) is 0 Å². The molecule has 0 unspecified atom stereocenters. The molecule has 0 saturated heterocycles. The average Bonchev–Trinajstić information content (AvgIpc) is 2.48. The third kappa shape index (κ3) is 6.03. The maximum atomic E-state index is 12.3. The highest BCUT2D eigenvalue weighted by molar-refractivity contribution is 5.74. The first-order chi connectivity index (χ1) is 10.5. The van der Waals surface area contributed by atoms with Gasteiger partial charge in [-0.25, -0.2) is 4.79 Å². The Hall–Kier alpha value is -1.59. The topological polar surface area (TPSA) is 44.8 Å². The van der Waals surface area contributed by atoms with Crippen molar-refractivity contribution in [3.63, 3.8) is 0 Å². The molecule has 124 valence electrons. The number of nitrogens with one attached hydrogen (secondary N) is 1. The van der Waals surface area contributed by atoms with Gasteiger partial charge in [-0.05, 0) is 31.6 Å². The fourth-order valence-corrected chi connectivity index (χ4v) is 2.28. The maximum Gasteiger partial charge on any atom is 0.317 e. The van der Waals surface area contributed by atoms with E-state index in [2.05, 4.69) is 22.3 Å². The standard InChI is InChI=1S/C17H29N3O2/c1-6-16(13-22-5)18-17(21)20(4)12-15-10-8-7-9-14(15)11-19(2)3/h7-10,16H,6,11-13H2,1-5H3,(H,18,21)/t16-/m1/s1. The molecule has 1 aromatic rings. The summed E-state index contributed by atoms with van der Waals surface area (Å²) in [7, 11) is 7.56. The highest BCUT2D eigenvalue weighted by Crippen LogP contribution is 2.13. The van der Waals surface area contributed by atoms with Crippen molar-refractivity contribution in [2.24, 2.45) is 0 Å². The lowest BCUT2D eigenvalue weighted by atomic mass is 10.1. The number of methoxy groups -OCH3 is 1. The monoisotopic (exact) mass is 307 g/mol. The quantitative estimate of drug-likeness (QED) is 0.801. The third-order valence-corrected chi connectivity index (χ3v) is 3.55. The minimum absolute atomic E-state index is 0.0527. The SMILES string of the molecule is CC[C@H](COC)NC(=O)N(C)Cc1ccccc1CN(C)C. The van der Waals surface area contributed by atoms with Gasteiger partial charge in [-0.1, -0.05) is 31.2 Å². The number of rotatable bonds is 8. The summed E-state index contributed by atoms with van der Waals surface area (Å²) in [5.41, 5.74) is 2.42. The highest BCUT2D eigenvalue weighted by Gasteiger charge is 2.15. The molecule has 5 nitrogen and oxygen atoms in total. The van der Waals surface area contributed by atoms with Crippen LogP contribution in [0.2, 0.25) is 0 Å². The number of ether oxygens (including phenoxy) is 1. The molecule has 0 bridgehead atoms. The fourth-order valence-electron chi connectivity index (χ4n) is 2.28. The molecule has 1 rings (SSSR count). The van der Waals surface area contributed by atoms with Gasteiger partial charge in [0.15, 0.2) is 0 Å². The smallest absolute Gasteiger partial charge is 0.317 e. The second kappa shape index (κ2) is 9.43. The number of urea groups is 1. The van der Waals surface area contributed by atoms with E-state index in [-0.39, 0.29) is 12.1 Å². The molecular weight excluding hydrogens is 278 g/mol. The lowest BCUT2D eigenvalue weighted by Gasteiger charge is -2.24. The van der Waals surface area contributed by atoms with Gasteiger partial charge in [-0.15, -0.1) is 0 Å². The van der Waals surface area contributed by atoms with Crippen LogP contribution in [-0.2, 0) is 17.8 Å². The Balaban J connectivity index is 2.67. The van der Waals surface area contributed by atoms with Gasteiger partial charge in [-0.2, -0.15) is 0 Å². The van der Waals surface area contributed by atoms with Crippen molar-refractivity contribution in [1.82, 2.24) is 15.1 Å². The first-order valence-electron chi connectivity index (χ1n) is 7.70. The first-order valence-corrected chi connectivity index (χ1v) is 7.70. The van der Waals surface area contributed by atoms with Gasteiger partial charge in [0.25, 0.3) is 0 Å². The molecule has 22 heavy (non-hydrogen) atoms. The average molecular weight is 307 g/mol. The Bertz CT molecular complexity index is 463. The van der Waals surface area contributed by atoms with Gasteiger partial charge in [0.1, 0.15) is 0 Å². The molecule has 0 fully saturated rings. The number of hydrogen-bond acceptors (Lipinski definition) is 3. The summed E-state index contributed by atoms with van der Waals surface area (Å²) in [6.45, 7) is 4.04. The van der Waals surface area contributed by atoms with Crippen LogP contribution in [0, 0.1) is 0 Å². The second-order valence-corrected chi connectivity index (χ2v) is 5.87. The summed E-state index contributed by atoms with van der Waals surface area (Å²) in [4.78, 5) is 16.1. The van der Waals surface area contributed by atoms with Crippen molar-refractivity contribution in [2.75, 3.05) is 34.9 Å². The van der Waals surface area contributed by atoms with Crippen molar-refractivity contribution in [1.29, 1.82) is 0 Å². The largest absolute Gasteiger partial charge is 0.383 e. The minimum Gasteiger partial charge on any atom is -0.383 e. The Morgan fingerprint density at radius 1 is 1.18 bits per heavy atom. The van der Waals surface area contributed by atoms with Crippen molar-refractivity contribution in [3.05, 3.63) is 35.4 Å². The normalized spacial score (nSPS) is 12.3. The van der Waals surface area contributed by atoms with Crippen molar-refractivity contribution in [3.8, 4) is 0 Å². The minimum atomic E-state index is -0.0662. The predicted molar refractivity (Wildman–Crippen MR) is 89.8 cm³/mol. The van der Waals surface area contributed by atoms with E-state index in [1.54, 1.807) is 12.0 Å². The molecule has 0 aliphatic carbocycles. The van der Waals surface area contributed by atoms with E-state index in [9.17, 15) is 4.79 Å². The lowest BCUT2D eigenvalue weighted by Crippen LogP contribution is -2.44. The Morgan fingerprint density at radius 2 is 1.77 bits per heavy atom. The van der Waals surface area contributed by atoms with Gasteiger partial charge < -0.3 is 19.9 Å². The lowest BCUT2D eigenvalue weighted by molar-refractivity contribution is 0.155. The molecule has 2 amide bonds. The summed E-state index contributed by atoms with van der Waals surface area (Å²) >= 11 is 0. The van der Waals surface area contributed by atoms with Gasteiger partial charge in [-0.3, -0.25) is 0 Å². The van der Waals surface area contributed by atoms with E-state index >= 15 is 0 Å². The van der Waals surface area contributed by atoms with E-state index < -0.39 is 0 Å². The number of nitrogens with zero attached hydrogens (tertiary/aromatic N) is 2. The number of benzene rings is 1. The van der Waals surface area contributed by atoms with E-state index in [0.717, 1.165) is 13.0 Å². The Kier molecular flexibility index (Phi) is 7.91. The van der Waals surface area contributed by atoms with E-state index in [4.69, 9.17) is 4.74 Å². The zero-order valence-corrected chi connectivity index (χ0v) is 14.4. The van der Waals surface area contributed by atoms with Crippen LogP contribution in [0.25, 0.3) is 0 Å². The van der Waals surface area contributed by atoms with Gasteiger partial charge >= 0.3 is 6.03 Å². The molecule has 1 aromatic carbocycles. The molecule has 5 heteroatoms.